The first-order chi connectivity index (χ1) is 12.2. The minimum atomic E-state index is -2.94. The van der Waals surface area contributed by atoms with Gasteiger partial charge >= 0.3 is 0 Å². The summed E-state index contributed by atoms with van der Waals surface area (Å²) in [5.74, 6) is -0.781. The van der Waals surface area contributed by atoms with E-state index in [1.54, 1.807) is 6.92 Å². The summed E-state index contributed by atoms with van der Waals surface area (Å²) < 4.78 is 27.5. The quantitative estimate of drug-likeness (QED) is 0.659. The van der Waals surface area contributed by atoms with Gasteiger partial charge in [0.1, 0.15) is 16.4 Å². The Hall–Kier alpha value is -1.70. The fourth-order valence-electron chi connectivity index (χ4n) is 2.67. The molecule has 1 aromatic heterocycles. The summed E-state index contributed by atoms with van der Waals surface area (Å²) >= 11 is 12.2. The molecule has 1 aromatic carbocycles. The number of alkyl halides is 2. The van der Waals surface area contributed by atoms with Crippen molar-refractivity contribution in [2.24, 2.45) is 7.05 Å². The summed E-state index contributed by atoms with van der Waals surface area (Å²) in [5.41, 5.74) is 0.777. The summed E-state index contributed by atoms with van der Waals surface area (Å²) in [5, 5.41) is 5.02. The van der Waals surface area contributed by atoms with Crippen molar-refractivity contribution in [1.29, 1.82) is 0 Å². The van der Waals surface area contributed by atoms with Crippen LogP contribution in [0.4, 0.5) is 8.78 Å². The first-order valence-corrected chi connectivity index (χ1v) is 8.56. The second-order valence-corrected chi connectivity index (χ2v) is 6.70. The third-order valence-corrected chi connectivity index (χ3v) is 4.73. The van der Waals surface area contributed by atoms with Crippen LogP contribution in [0.3, 0.4) is 0 Å². The van der Waals surface area contributed by atoms with Crippen LogP contribution in [0.25, 0.3) is 0 Å². The zero-order chi connectivity index (χ0) is 19.6. The zero-order valence-electron chi connectivity index (χ0n) is 14.8. The third kappa shape index (κ3) is 4.16. The van der Waals surface area contributed by atoms with Crippen molar-refractivity contribution in [1.82, 2.24) is 14.8 Å². The van der Waals surface area contributed by atoms with Gasteiger partial charge in [-0.1, -0.05) is 35.3 Å². The first kappa shape index (κ1) is 20.6. The van der Waals surface area contributed by atoms with Crippen LogP contribution in [-0.4, -0.2) is 33.9 Å². The SMILES string of the molecule is CON(C(=O)c1c(C(F)F)nn(C)c1Cl)[C@@H](C)Cc1ccc(C)cc1Cl. The Morgan fingerprint density at radius 2 is 2.04 bits per heavy atom. The first-order valence-electron chi connectivity index (χ1n) is 7.80. The van der Waals surface area contributed by atoms with E-state index in [4.69, 9.17) is 28.0 Å². The van der Waals surface area contributed by atoms with E-state index in [1.807, 2.05) is 25.1 Å². The van der Waals surface area contributed by atoms with Gasteiger partial charge in [-0.2, -0.15) is 5.10 Å². The molecule has 142 valence electrons. The number of hydroxylamine groups is 2. The molecule has 0 spiro atoms. The molecule has 5 nitrogen and oxygen atoms in total. The van der Waals surface area contributed by atoms with E-state index < -0.39 is 24.1 Å². The Balaban J connectivity index is 2.31. The van der Waals surface area contributed by atoms with Crippen LogP contribution in [0.1, 0.15) is 40.5 Å². The molecule has 0 aliphatic carbocycles. The number of carbonyl (C=O) groups is 1. The fraction of sp³-hybridized carbons (Fsp3) is 0.412. The lowest BCUT2D eigenvalue weighted by molar-refractivity contribution is -0.119. The highest BCUT2D eigenvalue weighted by Gasteiger charge is 2.32. The molecule has 2 rings (SSSR count). The molecule has 0 N–H and O–H groups in total. The molecule has 9 heteroatoms. The molecule has 0 fully saturated rings. The number of aromatic nitrogens is 2. The molecule has 1 amide bonds. The second kappa shape index (κ2) is 8.33. The minimum Gasteiger partial charge on any atom is -0.274 e. The maximum Gasteiger partial charge on any atom is 0.283 e. The Morgan fingerprint density at radius 3 is 2.58 bits per heavy atom. The van der Waals surface area contributed by atoms with Crippen molar-refractivity contribution >= 4 is 29.1 Å². The van der Waals surface area contributed by atoms with Crippen molar-refractivity contribution in [2.45, 2.75) is 32.7 Å². The van der Waals surface area contributed by atoms with Gasteiger partial charge in [-0.05, 0) is 37.5 Å². The highest BCUT2D eigenvalue weighted by Crippen LogP contribution is 2.30. The Kier molecular flexibility index (Phi) is 6.60. The topological polar surface area (TPSA) is 47.4 Å². The van der Waals surface area contributed by atoms with Crippen LogP contribution in [0, 0.1) is 6.92 Å². The molecule has 0 unspecified atom stereocenters. The second-order valence-electron chi connectivity index (χ2n) is 5.94. The predicted molar refractivity (Wildman–Crippen MR) is 95.7 cm³/mol. The molecule has 1 heterocycles. The standard InChI is InChI=1S/C17H19Cl2F2N3O2/c1-9-5-6-11(12(18)7-9)8-10(2)24(26-4)17(25)13-14(16(20)21)22-23(3)15(13)19/h5-7,10,16H,8H2,1-4H3/t10-/m0/s1. The third-order valence-electron chi connectivity index (χ3n) is 3.95. The maximum absolute atomic E-state index is 13.2. The van der Waals surface area contributed by atoms with Crippen LogP contribution < -0.4 is 0 Å². The van der Waals surface area contributed by atoms with Crippen molar-refractivity contribution in [3.05, 3.63) is 50.8 Å². The van der Waals surface area contributed by atoms with Crippen molar-refractivity contribution < 1.29 is 18.4 Å². The number of amides is 1. The highest BCUT2D eigenvalue weighted by atomic mass is 35.5. The zero-order valence-corrected chi connectivity index (χ0v) is 16.3. The van der Waals surface area contributed by atoms with Crippen LogP contribution in [-0.2, 0) is 18.3 Å². The lowest BCUT2D eigenvalue weighted by Gasteiger charge is -2.27. The molecular weight excluding hydrogens is 387 g/mol. The fourth-order valence-corrected chi connectivity index (χ4v) is 3.19. The average molecular weight is 406 g/mol. The lowest BCUT2D eigenvalue weighted by Crippen LogP contribution is -2.39. The van der Waals surface area contributed by atoms with Gasteiger partial charge in [-0.3, -0.25) is 14.3 Å². The van der Waals surface area contributed by atoms with Gasteiger partial charge in [0.05, 0.1) is 13.2 Å². The van der Waals surface area contributed by atoms with Gasteiger partial charge in [0.15, 0.2) is 0 Å². The highest BCUT2D eigenvalue weighted by molar-refractivity contribution is 6.33. The van der Waals surface area contributed by atoms with E-state index in [-0.39, 0.29) is 10.7 Å². The van der Waals surface area contributed by atoms with Gasteiger partial charge in [0.25, 0.3) is 12.3 Å². The molecule has 26 heavy (non-hydrogen) atoms. The number of aryl methyl sites for hydroxylation is 2. The van der Waals surface area contributed by atoms with Crippen LogP contribution in [0.5, 0.6) is 0 Å². The minimum absolute atomic E-state index is 0.173. The monoisotopic (exact) mass is 405 g/mol. The van der Waals surface area contributed by atoms with Gasteiger partial charge in [-0.25, -0.2) is 13.8 Å². The van der Waals surface area contributed by atoms with Crippen molar-refractivity contribution in [3.8, 4) is 0 Å². The summed E-state index contributed by atoms with van der Waals surface area (Å²) in [4.78, 5) is 18.0. The van der Waals surface area contributed by atoms with E-state index >= 15 is 0 Å². The molecule has 0 saturated carbocycles. The molecule has 0 bridgehead atoms. The van der Waals surface area contributed by atoms with E-state index in [2.05, 4.69) is 5.10 Å². The van der Waals surface area contributed by atoms with Gasteiger partial charge < -0.3 is 0 Å². The number of rotatable bonds is 6. The molecule has 0 aliphatic heterocycles. The summed E-state index contributed by atoms with van der Waals surface area (Å²) in [6.07, 6.45) is -2.56. The molecule has 1 atom stereocenters. The van der Waals surface area contributed by atoms with Crippen molar-refractivity contribution in [2.75, 3.05) is 7.11 Å². The number of halogens is 4. The van der Waals surface area contributed by atoms with E-state index in [1.165, 1.54) is 14.2 Å². The maximum atomic E-state index is 13.2. The van der Waals surface area contributed by atoms with Crippen LogP contribution in [0.2, 0.25) is 10.2 Å². The molecule has 0 saturated heterocycles. The van der Waals surface area contributed by atoms with Crippen LogP contribution >= 0.6 is 23.2 Å². The molecular formula is C17H19Cl2F2N3O2. The molecule has 0 radical (unpaired) electrons. The largest absolute Gasteiger partial charge is 0.283 e. The van der Waals surface area contributed by atoms with Crippen LogP contribution in [0.15, 0.2) is 18.2 Å². The molecule has 0 aliphatic rings. The van der Waals surface area contributed by atoms with Gasteiger partial charge in [0, 0.05) is 12.1 Å². The Bertz CT molecular complexity index is 812. The van der Waals surface area contributed by atoms with E-state index in [0.29, 0.717) is 11.4 Å². The number of hydrogen-bond donors (Lipinski definition) is 0. The van der Waals surface area contributed by atoms with Crippen molar-refractivity contribution in [3.63, 3.8) is 0 Å². The van der Waals surface area contributed by atoms with Gasteiger partial charge in [-0.15, -0.1) is 0 Å². The predicted octanol–water partition coefficient (Wildman–Crippen LogP) is 4.61. The number of benzene rings is 1. The molecule has 2 aromatic rings. The van der Waals surface area contributed by atoms with Gasteiger partial charge in [0.2, 0.25) is 0 Å². The number of hydrogen-bond acceptors (Lipinski definition) is 3. The normalized spacial score (nSPS) is 12.5. The lowest BCUT2D eigenvalue weighted by atomic mass is 10.0. The van der Waals surface area contributed by atoms with E-state index in [9.17, 15) is 13.6 Å². The average Bonchev–Trinajstić information content (AvgIpc) is 2.86. The number of carbonyl (C=O) groups excluding carboxylic acids is 1. The Morgan fingerprint density at radius 1 is 1.38 bits per heavy atom. The summed E-state index contributed by atoms with van der Waals surface area (Å²) in [7, 11) is 2.68. The Labute approximate surface area is 160 Å². The summed E-state index contributed by atoms with van der Waals surface area (Å²) in [6.45, 7) is 3.64. The summed E-state index contributed by atoms with van der Waals surface area (Å²) in [6, 6.07) is 5.10. The number of nitrogens with zero attached hydrogens (tertiary/aromatic N) is 3. The van der Waals surface area contributed by atoms with E-state index in [0.717, 1.165) is 20.9 Å². The smallest absolute Gasteiger partial charge is 0.274 e.